The molecule has 1 saturated carbocycles. The summed E-state index contributed by atoms with van der Waals surface area (Å²) in [5, 5.41) is 0.803. The Morgan fingerprint density at radius 1 is 1.43 bits per heavy atom. The van der Waals surface area contributed by atoms with Gasteiger partial charge in [-0.1, -0.05) is 67.9 Å². The molecule has 1 unspecified atom stereocenters. The van der Waals surface area contributed by atoms with Gasteiger partial charge in [0.2, 0.25) is 0 Å². The molecular formula is C19H25ClS. The van der Waals surface area contributed by atoms with Crippen molar-refractivity contribution in [1.29, 1.82) is 0 Å². The highest BCUT2D eigenvalue weighted by atomic mass is 35.5. The fourth-order valence-corrected chi connectivity index (χ4v) is 3.93. The largest absolute Gasteiger partial charge is 0.0943 e. The summed E-state index contributed by atoms with van der Waals surface area (Å²) in [4.78, 5) is 2.67. The van der Waals surface area contributed by atoms with Crippen molar-refractivity contribution in [2.75, 3.05) is 0 Å². The van der Waals surface area contributed by atoms with Crippen LogP contribution < -0.4 is 0 Å². The highest BCUT2D eigenvalue weighted by molar-refractivity contribution is 8.11. The zero-order chi connectivity index (χ0) is 15.4. The molecule has 0 N–H and O–H groups in total. The van der Waals surface area contributed by atoms with E-state index in [-0.39, 0.29) is 0 Å². The summed E-state index contributed by atoms with van der Waals surface area (Å²) in [6, 6.07) is 8.21. The Labute approximate surface area is 138 Å². The minimum Gasteiger partial charge on any atom is -0.0943 e. The highest BCUT2D eigenvalue weighted by Crippen LogP contribution is 2.46. The maximum absolute atomic E-state index is 6.19. The second kappa shape index (κ2) is 7.56. The standard InChI is InChI=1S/C19H25ClS/c1-5-13(2)14(3)19(17-10-7-11-18(20)12-17)21-15(4)16-8-6-9-16/h7,10-13,16H,4-6,8-9H2,1-3H3/b19-14-. The van der Waals surface area contributed by atoms with Gasteiger partial charge in [0.05, 0.1) is 0 Å². The van der Waals surface area contributed by atoms with Gasteiger partial charge < -0.3 is 0 Å². The number of thioether (sulfide) groups is 1. The van der Waals surface area contributed by atoms with Crippen molar-refractivity contribution in [2.45, 2.75) is 46.5 Å². The van der Waals surface area contributed by atoms with Crippen molar-refractivity contribution in [3.05, 3.63) is 51.9 Å². The molecule has 0 nitrogen and oxygen atoms in total. The Kier molecular flexibility index (Phi) is 6.01. The third-order valence-electron chi connectivity index (χ3n) is 4.59. The predicted molar refractivity (Wildman–Crippen MR) is 97.6 cm³/mol. The van der Waals surface area contributed by atoms with Gasteiger partial charge in [-0.05, 0) is 60.6 Å². The van der Waals surface area contributed by atoms with Crippen LogP contribution in [0.15, 0.2) is 41.3 Å². The van der Waals surface area contributed by atoms with Crippen molar-refractivity contribution in [2.24, 2.45) is 11.8 Å². The first kappa shape index (κ1) is 16.7. The quantitative estimate of drug-likeness (QED) is 0.535. The van der Waals surface area contributed by atoms with E-state index in [1.165, 1.54) is 40.2 Å². The Morgan fingerprint density at radius 3 is 2.67 bits per heavy atom. The van der Waals surface area contributed by atoms with Gasteiger partial charge in [0, 0.05) is 9.93 Å². The van der Waals surface area contributed by atoms with Crippen LogP contribution in [0.5, 0.6) is 0 Å². The average molecular weight is 321 g/mol. The molecule has 114 valence electrons. The number of benzene rings is 1. The van der Waals surface area contributed by atoms with E-state index < -0.39 is 0 Å². The number of hydrogen-bond donors (Lipinski definition) is 0. The van der Waals surface area contributed by atoms with E-state index >= 15 is 0 Å². The van der Waals surface area contributed by atoms with Gasteiger partial charge in [-0.2, -0.15) is 0 Å². The summed E-state index contributed by atoms with van der Waals surface area (Å²) < 4.78 is 0. The number of halogens is 1. The second-order valence-corrected chi connectivity index (χ2v) is 7.60. The van der Waals surface area contributed by atoms with Crippen LogP contribution >= 0.6 is 23.4 Å². The summed E-state index contributed by atoms with van der Waals surface area (Å²) in [6.07, 6.45) is 5.12. The summed E-state index contributed by atoms with van der Waals surface area (Å²) in [6.45, 7) is 11.1. The van der Waals surface area contributed by atoms with Crippen molar-refractivity contribution in [3.63, 3.8) is 0 Å². The van der Waals surface area contributed by atoms with Crippen LogP contribution in [-0.4, -0.2) is 0 Å². The van der Waals surface area contributed by atoms with Crippen LogP contribution in [0.2, 0.25) is 5.02 Å². The minimum absolute atomic E-state index is 0.584. The molecule has 0 heterocycles. The lowest BCUT2D eigenvalue weighted by Crippen LogP contribution is -2.11. The molecule has 0 amide bonds. The molecule has 0 aromatic heterocycles. The Morgan fingerprint density at radius 2 is 2.14 bits per heavy atom. The fourth-order valence-electron chi connectivity index (χ4n) is 2.47. The Balaban J connectivity index is 2.32. The van der Waals surface area contributed by atoms with Crippen LogP contribution in [0.25, 0.3) is 4.91 Å². The van der Waals surface area contributed by atoms with Crippen LogP contribution in [0, 0.1) is 11.8 Å². The van der Waals surface area contributed by atoms with Gasteiger partial charge in [0.1, 0.15) is 0 Å². The third kappa shape index (κ3) is 4.17. The van der Waals surface area contributed by atoms with Crippen molar-refractivity contribution >= 4 is 28.3 Å². The van der Waals surface area contributed by atoms with E-state index in [2.05, 4.69) is 39.5 Å². The number of allylic oxidation sites excluding steroid dienone is 2. The molecule has 1 aromatic rings. The lowest BCUT2D eigenvalue weighted by Gasteiger charge is -2.28. The normalized spacial score (nSPS) is 17.9. The zero-order valence-electron chi connectivity index (χ0n) is 13.3. The van der Waals surface area contributed by atoms with E-state index in [4.69, 9.17) is 11.6 Å². The SMILES string of the molecule is C=C(S/C(=C(/C)C(C)CC)c1cccc(Cl)c1)C1CCC1. The molecule has 21 heavy (non-hydrogen) atoms. The molecule has 1 atom stereocenters. The first-order valence-electron chi connectivity index (χ1n) is 7.86. The van der Waals surface area contributed by atoms with Gasteiger partial charge in [-0.3, -0.25) is 0 Å². The molecule has 2 heteroatoms. The van der Waals surface area contributed by atoms with Crippen molar-refractivity contribution < 1.29 is 0 Å². The first-order valence-corrected chi connectivity index (χ1v) is 9.05. The van der Waals surface area contributed by atoms with Gasteiger partial charge in [-0.25, -0.2) is 0 Å². The molecule has 0 bridgehead atoms. The van der Waals surface area contributed by atoms with Crippen molar-refractivity contribution in [3.8, 4) is 0 Å². The van der Waals surface area contributed by atoms with Crippen molar-refractivity contribution in [1.82, 2.24) is 0 Å². The third-order valence-corrected chi connectivity index (χ3v) is 6.18. The fraction of sp³-hybridized carbons (Fsp3) is 0.474. The minimum atomic E-state index is 0.584. The summed E-state index contributed by atoms with van der Waals surface area (Å²) in [7, 11) is 0. The number of rotatable bonds is 6. The summed E-state index contributed by atoms with van der Waals surface area (Å²) in [5.74, 6) is 1.29. The number of hydrogen-bond acceptors (Lipinski definition) is 1. The average Bonchev–Trinajstić information content (AvgIpc) is 2.41. The van der Waals surface area contributed by atoms with E-state index in [1.807, 2.05) is 23.9 Å². The van der Waals surface area contributed by atoms with E-state index in [0.717, 1.165) is 11.4 Å². The molecule has 2 rings (SSSR count). The second-order valence-electron chi connectivity index (χ2n) is 6.03. The van der Waals surface area contributed by atoms with Gasteiger partial charge in [-0.15, -0.1) is 0 Å². The topological polar surface area (TPSA) is 0 Å². The molecule has 1 fully saturated rings. The van der Waals surface area contributed by atoms with Crippen LogP contribution in [-0.2, 0) is 0 Å². The molecule has 1 aromatic carbocycles. The molecule has 0 saturated heterocycles. The van der Waals surface area contributed by atoms with Gasteiger partial charge in [0.25, 0.3) is 0 Å². The van der Waals surface area contributed by atoms with Crippen LogP contribution in [0.3, 0.4) is 0 Å². The van der Waals surface area contributed by atoms with Crippen LogP contribution in [0.4, 0.5) is 0 Å². The summed E-state index contributed by atoms with van der Waals surface area (Å²) in [5.41, 5.74) is 2.68. The molecule has 1 aliphatic carbocycles. The molecule has 0 spiro atoms. The Bertz CT molecular complexity index is 540. The molecule has 1 aliphatic rings. The monoisotopic (exact) mass is 320 g/mol. The smallest absolute Gasteiger partial charge is 0.0412 e. The van der Waals surface area contributed by atoms with Crippen LogP contribution in [0.1, 0.15) is 52.0 Å². The lowest BCUT2D eigenvalue weighted by molar-refractivity contribution is 0.383. The molecule has 0 radical (unpaired) electrons. The molecule has 0 aliphatic heterocycles. The Hall–Kier alpha value is -0.660. The maximum Gasteiger partial charge on any atom is 0.0412 e. The lowest BCUT2D eigenvalue weighted by atomic mass is 9.85. The predicted octanol–water partition coefficient (Wildman–Crippen LogP) is 7.16. The van der Waals surface area contributed by atoms with E-state index in [1.54, 1.807) is 0 Å². The zero-order valence-corrected chi connectivity index (χ0v) is 14.9. The first-order chi connectivity index (χ1) is 10.0. The van der Waals surface area contributed by atoms with Gasteiger partial charge >= 0.3 is 0 Å². The maximum atomic E-state index is 6.19. The summed E-state index contributed by atoms with van der Waals surface area (Å²) >= 11 is 8.06. The van der Waals surface area contributed by atoms with E-state index in [0.29, 0.717) is 11.8 Å². The van der Waals surface area contributed by atoms with Gasteiger partial charge in [0.15, 0.2) is 0 Å². The molecular weight excluding hydrogens is 296 g/mol. The van der Waals surface area contributed by atoms with E-state index in [9.17, 15) is 0 Å². The highest BCUT2D eigenvalue weighted by Gasteiger charge is 2.23.